The minimum absolute atomic E-state index is 0.122. The first-order valence-electron chi connectivity index (χ1n) is 25.4. The van der Waals surface area contributed by atoms with Crippen LogP contribution in [0.4, 0.5) is 0 Å². The van der Waals surface area contributed by atoms with Crippen LogP contribution in [0.15, 0.2) is 109 Å². The van der Waals surface area contributed by atoms with Gasteiger partial charge in [0, 0.05) is 19.3 Å². The number of rotatable bonds is 44. The largest absolute Gasteiger partial charge is 0.462 e. The maximum Gasteiger partial charge on any atom is 0.306 e. The van der Waals surface area contributed by atoms with Crippen LogP contribution < -0.4 is 0 Å². The Morgan fingerprint density at radius 3 is 1.22 bits per heavy atom. The van der Waals surface area contributed by atoms with Crippen molar-refractivity contribution >= 4 is 17.9 Å². The Hall–Kier alpha value is -3.93. The Balaban J connectivity index is 4.54. The van der Waals surface area contributed by atoms with Gasteiger partial charge in [0.05, 0.1) is 0 Å². The van der Waals surface area contributed by atoms with Crippen LogP contribution in [0.2, 0.25) is 0 Å². The summed E-state index contributed by atoms with van der Waals surface area (Å²) in [5, 5.41) is 0. The SMILES string of the molecule is CC\C=C/C=C\C=C/C=C\CCCCCC(=O)OCC(COC(=O)CC/C=C\C/C=C\C/C=C\C/C=C\C/C=C\CC)OC(=O)CCCCCCCCCCCCCCCCCC. The molecule has 63 heavy (non-hydrogen) atoms. The number of hydrogen-bond acceptors (Lipinski definition) is 6. The van der Waals surface area contributed by atoms with E-state index < -0.39 is 6.10 Å². The fourth-order valence-corrected chi connectivity index (χ4v) is 6.62. The van der Waals surface area contributed by atoms with Crippen LogP contribution in [-0.4, -0.2) is 37.2 Å². The van der Waals surface area contributed by atoms with Crippen LogP contribution in [0, 0.1) is 0 Å². The summed E-state index contributed by atoms with van der Waals surface area (Å²) in [7, 11) is 0. The second kappa shape index (κ2) is 50.7. The van der Waals surface area contributed by atoms with E-state index in [-0.39, 0.29) is 37.5 Å². The summed E-state index contributed by atoms with van der Waals surface area (Å²) in [6.45, 7) is 6.27. The molecule has 0 fully saturated rings. The van der Waals surface area contributed by atoms with E-state index in [9.17, 15) is 14.4 Å². The zero-order chi connectivity index (χ0) is 45.8. The number of carbonyl (C=O) groups is 3. The average molecular weight is 873 g/mol. The fraction of sp³-hybridized carbons (Fsp3) is 0.632. The van der Waals surface area contributed by atoms with Crippen LogP contribution in [-0.2, 0) is 28.6 Å². The topological polar surface area (TPSA) is 78.9 Å². The van der Waals surface area contributed by atoms with E-state index in [0.717, 1.165) is 83.5 Å². The van der Waals surface area contributed by atoms with Gasteiger partial charge in [-0.3, -0.25) is 14.4 Å². The summed E-state index contributed by atoms with van der Waals surface area (Å²) in [5.41, 5.74) is 0. The van der Waals surface area contributed by atoms with Gasteiger partial charge in [0.2, 0.25) is 0 Å². The molecule has 0 aromatic rings. The molecular weight excluding hydrogens is 781 g/mol. The molecule has 0 saturated heterocycles. The van der Waals surface area contributed by atoms with Gasteiger partial charge < -0.3 is 14.2 Å². The lowest BCUT2D eigenvalue weighted by Gasteiger charge is -2.18. The molecule has 0 aromatic carbocycles. The Kier molecular flexibility index (Phi) is 47.5. The molecule has 0 saturated carbocycles. The predicted molar refractivity (Wildman–Crippen MR) is 270 cm³/mol. The minimum Gasteiger partial charge on any atom is -0.462 e. The predicted octanol–water partition coefficient (Wildman–Crippen LogP) is 16.8. The van der Waals surface area contributed by atoms with Crippen LogP contribution in [0.5, 0.6) is 0 Å². The molecular formula is C57H92O6. The standard InChI is InChI=1S/C57H92O6/c1-4-7-10-13-16-19-22-25-27-29-32-35-38-41-44-47-50-56(59)62-53-54(52-61-55(58)49-46-43-40-37-34-31-24-21-18-15-12-9-6-3)63-57(60)51-48-45-42-39-36-33-30-28-26-23-20-17-14-11-8-5-2/h7,9-10,12,15-16,18-19,21,24-25,27,31-32,34-35,41,44,54H,4-6,8,11,13-14,17,20,22-23,26,28-30,33,36-40,42-43,45-53H2,1-3H3/b10-7-,12-9-,18-15-,19-16-,24-21-,27-25-,34-31-,35-32-,44-41-. The molecule has 0 aliphatic carbocycles. The van der Waals surface area contributed by atoms with Crippen molar-refractivity contribution in [3.05, 3.63) is 109 Å². The average Bonchev–Trinajstić information content (AvgIpc) is 3.28. The zero-order valence-corrected chi connectivity index (χ0v) is 40.5. The molecule has 6 heteroatoms. The van der Waals surface area contributed by atoms with Crippen molar-refractivity contribution in [3.63, 3.8) is 0 Å². The molecule has 0 spiro atoms. The van der Waals surface area contributed by atoms with Crippen molar-refractivity contribution < 1.29 is 28.6 Å². The van der Waals surface area contributed by atoms with Crippen molar-refractivity contribution in [2.75, 3.05) is 13.2 Å². The van der Waals surface area contributed by atoms with Crippen LogP contribution in [0.3, 0.4) is 0 Å². The first-order valence-corrected chi connectivity index (χ1v) is 25.4. The molecule has 1 unspecified atom stereocenters. The summed E-state index contributed by atoms with van der Waals surface area (Å²) in [5.74, 6) is -1.05. The highest BCUT2D eigenvalue weighted by atomic mass is 16.6. The lowest BCUT2D eigenvalue weighted by atomic mass is 10.0. The summed E-state index contributed by atoms with van der Waals surface area (Å²) < 4.78 is 16.7. The number of allylic oxidation sites excluding steroid dienone is 18. The molecule has 0 bridgehead atoms. The van der Waals surface area contributed by atoms with Crippen molar-refractivity contribution in [1.29, 1.82) is 0 Å². The molecule has 0 aliphatic heterocycles. The van der Waals surface area contributed by atoms with Gasteiger partial charge >= 0.3 is 17.9 Å². The minimum atomic E-state index is -0.823. The molecule has 0 rings (SSSR count). The molecule has 0 aliphatic rings. The van der Waals surface area contributed by atoms with Gasteiger partial charge in [0.1, 0.15) is 13.2 Å². The Morgan fingerprint density at radius 1 is 0.349 bits per heavy atom. The third-order valence-corrected chi connectivity index (χ3v) is 10.4. The quantitative estimate of drug-likeness (QED) is 0.0199. The third kappa shape index (κ3) is 49.0. The summed E-state index contributed by atoms with van der Waals surface area (Å²) in [6, 6.07) is 0. The van der Waals surface area contributed by atoms with E-state index in [1.165, 1.54) is 83.5 Å². The summed E-state index contributed by atoms with van der Waals surface area (Å²) in [4.78, 5) is 37.9. The molecule has 1 atom stereocenters. The second-order valence-corrected chi connectivity index (χ2v) is 16.4. The third-order valence-electron chi connectivity index (χ3n) is 10.4. The Labute approximate surface area is 387 Å². The zero-order valence-electron chi connectivity index (χ0n) is 40.5. The summed E-state index contributed by atoms with van der Waals surface area (Å²) in [6.07, 6.45) is 68.0. The first kappa shape index (κ1) is 59.1. The number of unbranched alkanes of at least 4 members (excludes halogenated alkanes) is 18. The highest BCUT2D eigenvalue weighted by Crippen LogP contribution is 2.15. The molecule has 0 aromatic heterocycles. The van der Waals surface area contributed by atoms with E-state index in [1.54, 1.807) is 0 Å². The normalized spacial score (nSPS) is 13.0. The number of hydrogen-bond donors (Lipinski definition) is 0. The molecule has 356 valence electrons. The highest BCUT2D eigenvalue weighted by molar-refractivity contribution is 5.71. The molecule has 0 amide bonds. The van der Waals surface area contributed by atoms with Gasteiger partial charge in [0.25, 0.3) is 0 Å². The van der Waals surface area contributed by atoms with Gasteiger partial charge in [-0.2, -0.15) is 0 Å². The maximum absolute atomic E-state index is 12.8. The number of carbonyl (C=O) groups excluding carboxylic acids is 3. The van der Waals surface area contributed by atoms with Crippen molar-refractivity contribution in [3.8, 4) is 0 Å². The van der Waals surface area contributed by atoms with Gasteiger partial charge in [-0.15, -0.1) is 0 Å². The molecule has 0 N–H and O–H groups in total. The van der Waals surface area contributed by atoms with Crippen molar-refractivity contribution in [2.45, 2.75) is 219 Å². The Bertz CT molecular complexity index is 1330. The van der Waals surface area contributed by atoms with Gasteiger partial charge in [-0.25, -0.2) is 0 Å². The van der Waals surface area contributed by atoms with Crippen molar-refractivity contribution in [1.82, 2.24) is 0 Å². The lowest BCUT2D eigenvalue weighted by molar-refractivity contribution is -0.166. The fourth-order valence-electron chi connectivity index (χ4n) is 6.62. The van der Waals surface area contributed by atoms with E-state index in [1.807, 2.05) is 48.6 Å². The number of ether oxygens (including phenoxy) is 3. The Morgan fingerprint density at radius 2 is 0.730 bits per heavy atom. The summed E-state index contributed by atoms with van der Waals surface area (Å²) >= 11 is 0. The van der Waals surface area contributed by atoms with Crippen molar-refractivity contribution in [2.24, 2.45) is 0 Å². The van der Waals surface area contributed by atoms with E-state index in [0.29, 0.717) is 19.3 Å². The smallest absolute Gasteiger partial charge is 0.306 e. The van der Waals surface area contributed by atoms with Crippen LogP contribution >= 0.6 is 0 Å². The van der Waals surface area contributed by atoms with Crippen LogP contribution in [0.1, 0.15) is 213 Å². The monoisotopic (exact) mass is 873 g/mol. The second-order valence-electron chi connectivity index (χ2n) is 16.4. The first-order chi connectivity index (χ1) is 31.0. The van der Waals surface area contributed by atoms with Gasteiger partial charge in [0.15, 0.2) is 6.10 Å². The van der Waals surface area contributed by atoms with Gasteiger partial charge in [-0.05, 0) is 70.6 Å². The van der Waals surface area contributed by atoms with E-state index in [2.05, 4.69) is 81.5 Å². The van der Waals surface area contributed by atoms with Gasteiger partial charge in [-0.1, -0.05) is 233 Å². The highest BCUT2D eigenvalue weighted by Gasteiger charge is 2.19. The number of esters is 3. The van der Waals surface area contributed by atoms with Crippen LogP contribution in [0.25, 0.3) is 0 Å². The molecule has 0 heterocycles. The maximum atomic E-state index is 12.8. The molecule has 0 radical (unpaired) electrons. The lowest BCUT2D eigenvalue weighted by Crippen LogP contribution is -2.30. The molecule has 6 nitrogen and oxygen atoms in total. The van der Waals surface area contributed by atoms with E-state index >= 15 is 0 Å². The van der Waals surface area contributed by atoms with E-state index in [4.69, 9.17) is 14.2 Å².